The van der Waals surface area contributed by atoms with Gasteiger partial charge in [0, 0.05) is 12.1 Å². The Morgan fingerprint density at radius 1 is 1.25 bits per heavy atom. The average Bonchev–Trinajstić information content (AvgIpc) is 2.19. The van der Waals surface area contributed by atoms with E-state index in [1.165, 1.54) is 6.07 Å². The molecule has 0 aliphatic carbocycles. The van der Waals surface area contributed by atoms with E-state index in [4.69, 9.17) is 10.5 Å². The summed E-state index contributed by atoms with van der Waals surface area (Å²) in [6, 6.07) is 3.32. The van der Waals surface area contributed by atoms with Crippen LogP contribution in [-0.4, -0.2) is 12.6 Å². The lowest BCUT2D eigenvalue weighted by Crippen LogP contribution is -2.33. The molecule has 0 bridgehead atoms. The van der Waals surface area contributed by atoms with E-state index in [-0.39, 0.29) is 24.4 Å². The van der Waals surface area contributed by atoms with Crippen LogP contribution in [0.4, 0.5) is 8.78 Å². The molecule has 0 saturated carbocycles. The van der Waals surface area contributed by atoms with Gasteiger partial charge in [-0.05, 0) is 18.1 Å². The summed E-state index contributed by atoms with van der Waals surface area (Å²) in [7, 11) is 0. The molecule has 0 amide bonds. The highest BCUT2D eigenvalue weighted by atomic mass is 35.5. The highest BCUT2D eigenvalue weighted by Gasteiger charge is 2.09. The van der Waals surface area contributed by atoms with Crippen LogP contribution in [0.25, 0.3) is 0 Å². The van der Waals surface area contributed by atoms with E-state index in [1.807, 2.05) is 13.8 Å². The number of hydrogen-bond acceptors (Lipinski definition) is 2. The number of hydrogen-bond donors (Lipinski definition) is 1. The normalized spacial score (nSPS) is 12.1. The predicted molar refractivity (Wildman–Crippen MR) is 61.9 cm³/mol. The maximum absolute atomic E-state index is 12.8. The van der Waals surface area contributed by atoms with Gasteiger partial charge in [-0.3, -0.25) is 0 Å². The van der Waals surface area contributed by atoms with Crippen molar-refractivity contribution in [3.63, 3.8) is 0 Å². The largest absolute Gasteiger partial charge is 0.492 e. The SMILES string of the molecule is CC(C)C(N)COc1ccc(F)c(F)c1.Cl. The second-order valence-corrected chi connectivity index (χ2v) is 3.79. The van der Waals surface area contributed by atoms with Crippen molar-refractivity contribution in [2.24, 2.45) is 11.7 Å². The molecule has 0 heterocycles. The molecular weight excluding hydrogens is 236 g/mol. The maximum atomic E-state index is 12.8. The van der Waals surface area contributed by atoms with Gasteiger partial charge in [0.15, 0.2) is 11.6 Å². The van der Waals surface area contributed by atoms with E-state index in [2.05, 4.69) is 0 Å². The van der Waals surface area contributed by atoms with Gasteiger partial charge < -0.3 is 10.5 Å². The Balaban J connectivity index is 0.00000225. The molecule has 0 fully saturated rings. The first-order chi connectivity index (χ1) is 7.00. The molecule has 1 atom stereocenters. The minimum Gasteiger partial charge on any atom is -0.492 e. The summed E-state index contributed by atoms with van der Waals surface area (Å²) in [6.45, 7) is 4.24. The summed E-state index contributed by atoms with van der Waals surface area (Å²) in [5, 5.41) is 0. The first-order valence-corrected chi connectivity index (χ1v) is 4.84. The van der Waals surface area contributed by atoms with Crippen molar-refractivity contribution in [2.45, 2.75) is 19.9 Å². The van der Waals surface area contributed by atoms with Gasteiger partial charge in [-0.15, -0.1) is 12.4 Å². The fourth-order valence-corrected chi connectivity index (χ4v) is 0.952. The fraction of sp³-hybridized carbons (Fsp3) is 0.455. The van der Waals surface area contributed by atoms with Crippen molar-refractivity contribution in [1.82, 2.24) is 0 Å². The fourth-order valence-electron chi connectivity index (χ4n) is 0.952. The summed E-state index contributed by atoms with van der Waals surface area (Å²) in [6.07, 6.45) is 0. The monoisotopic (exact) mass is 251 g/mol. The Kier molecular flexibility index (Phi) is 6.29. The van der Waals surface area contributed by atoms with Crippen LogP contribution in [0.5, 0.6) is 5.75 Å². The lowest BCUT2D eigenvalue weighted by molar-refractivity contribution is 0.258. The van der Waals surface area contributed by atoms with Crippen molar-refractivity contribution in [1.29, 1.82) is 0 Å². The minimum atomic E-state index is -0.911. The number of benzene rings is 1. The van der Waals surface area contributed by atoms with Gasteiger partial charge in [0.2, 0.25) is 0 Å². The molecular formula is C11H16ClF2NO. The van der Waals surface area contributed by atoms with Crippen LogP contribution in [0.15, 0.2) is 18.2 Å². The van der Waals surface area contributed by atoms with Crippen molar-refractivity contribution in [2.75, 3.05) is 6.61 Å². The second kappa shape index (κ2) is 6.66. The zero-order chi connectivity index (χ0) is 11.4. The quantitative estimate of drug-likeness (QED) is 0.893. The van der Waals surface area contributed by atoms with Crippen LogP contribution < -0.4 is 10.5 Å². The number of nitrogens with two attached hydrogens (primary N) is 1. The minimum absolute atomic E-state index is 0. The molecule has 2 N–H and O–H groups in total. The molecule has 1 rings (SSSR count). The summed E-state index contributed by atoms with van der Waals surface area (Å²) < 4.78 is 30.6. The van der Waals surface area contributed by atoms with Crippen LogP contribution in [0, 0.1) is 17.6 Å². The Hall–Kier alpha value is -0.870. The highest BCUT2D eigenvalue weighted by Crippen LogP contribution is 2.15. The molecule has 0 spiro atoms. The van der Waals surface area contributed by atoms with Gasteiger partial charge in [0.05, 0.1) is 0 Å². The third-order valence-corrected chi connectivity index (χ3v) is 2.19. The van der Waals surface area contributed by atoms with Crippen molar-refractivity contribution >= 4 is 12.4 Å². The molecule has 0 aromatic heterocycles. The van der Waals surface area contributed by atoms with Gasteiger partial charge in [0.1, 0.15) is 12.4 Å². The van der Waals surface area contributed by atoms with E-state index in [9.17, 15) is 8.78 Å². The molecule has 2 nitrogen and oxygen atoms in total. The van der Waals surface area contributed by atoms with Gasteiger partial charge in [-0.1, -0.05) is 13.8 Å². The summed E-state index contributed by atoms with van der Waals surface area (Å²) in [5.74, 6) is -1.21. The maximum Gasteiger partial charge on any atom is 0.162 e. The Morgan fingerprint density at radius 2 is 1.88 bits per heavy atom. The lowest BCUT2D eigenvalue weighted by Gasteiger charge is -2.16. The van der Waals surface area contributed by atoms with Crippen LogP contribution in [-0.2, 0) is 0 Å². The molecule has 0 aliphatic heterocycles. The third-order valence-electron chi connectivity index (χ3n) is 2.19. The standard InChI is InChI=1S/C11H15F2NO.ClH/c1-7(2)11(14)6-15-8-3-4-9(12)10(13)5-8;/h3-5,7,11H,6,14H2,1-2H3;1H. The number of ether oxygens (including phenoxy) is 1. The van der Waals surface area contributed by atoms with Gasteiger partial charge in [-0.2, -0.15) is 0 Å². The smallest absolute Gasteiger partial charge is 0.162 e. The van der Waals surface area contributed by atoms with Crippen LogP contribution in [0.2, 0.25) is 0 Å². The average molecular weight is 252 g/mol. The Bertz CT molecular complexity index is 334. The van der Waals surface area contributed by atoms with Crippen LogP contribution in [0.1, 0.15) is 13.8 Å². The van der Waals surface area contributed by atoms with Crippen molar-refractivity contribution < 1.29 is 13.5 Å². The summed E-state index contributed by atoms with van der Waals surface area (Å²) >= 11 is 0. The van der Waals surface area contributed by atoms with Crippen LogP contribution >= 0.6 is 12.4 Å². The Morgan fingerprint density at radius 3 is 2.38 bits per heavy atom. The van der Waals surface area contributed by atoms with Gasteiger partial charge in [-0.25, -0.2) is 8.78 Å². The number of halogens is 3. The molecule has 1 aromatic rings. The van der Waals surface area contributed by atoms with Crippen LogP contribution in [0.3, 0.4) is 0 Å². The van der Waals surface area contributed by atoms with E-state index >= 15 is 0 Å². The molecule has 0 radical (unpaired) electrons. The molecule has 1 aromatic carbocycles. The van der Waals surface area contributed by atoms with Gasteiger partial charge in [0.25, 0.3) is 0 Å². The van der Waals surface area contributed by atoms with Crippen molar-refractivity contribution in [3.8, 4) is 5.75 Å². The number of rotatable bonds is 4. The molecule has 16 heavy (non-hydrogen) atoms. The predicted octanol–water partition coefficient (Wildman–Crippen LogP) is 2.75. The molecule has 0 saturated heterocycles. The van der Waals surface area contributed by atoms with E-state index in [0.717, 1.165) is 12.1 Å². The zero-order valence-electron chi connectivity index (χ0n) is 9.24. The lowest BCUT2D eigenvalue weighted by atomic mass is 10.1. The van der Waals surface area contributed by atoms with E-state index in [1.54, 1.807) is 0 Å². The Labute approximate surface area is 100 Å². The van der Waals surface area contributed by atoms with E-state index in [0.29, 0.717) is 12.4 Å². The molecule has 5 heteroatoms. The van der Waals surface area contributed by atoms with Crippen molar-refractivity contribution in [3.05, 3.63) is 29.8 Å². The third kappa shape index (κ3) is 4.33. The highest BCUT2D eigenvalue weighted by molar-refractivity contribution is 5.85. The topological polar surface area (TPSA) is 35.2 Å². The van der Waals surface area contributed by atoms with Gasteiger partial charge >= 0.3 is 0 Å². The first-order valence-electron chi connectivity index (χ1n) is 4.84. The zero-order valence-corrected chi connectivity index (χ0v) is 10.1. The van der Waals surface area contributed by atoms with E-state index < -0.39 is 11.6 Å². The molecule has 1 unspecified atom stereocenters. The summed E-state index contributed by atoms with van der Waals surface area (Å²) in [5.41, 5.74) is 5.74. The summed E-state index contributed by atoms with van der Waals surface area (Å²) in [4.78, 5) is 0. The first kappa shape index (κ1) is 15.1. The second-order valence-electron chi connectivity index (χ2n) is 3.79. The molecule has 0 aliphatic rings. The molecule has 92 valence electrons.